The van der Waals surface area contributed by atoms with Crippen LogP contribution >= 0.6 is 0 Å². The van der Waals surface area contributed by atoms with Gasteiger partial charge in [0, 0.05) is 31.2 Å². The van der Waals surface area contributed by atoms with Gasteiger partial charge in [0.25, 0.3) is 0 Å². The molecule has 17 heavy (non-hydrogen) atoms. The summed E-state index contributed by atoms with van der Waals surface area (Å²) in [6, 6.07) is 16.9. The topological polar surface area (TPSA) is 15.3 Å². The van der Waals surface area contributed by atoms with E-state index in [2.05, 4.69) is 72.7 Å². The summed E-state index contributed by atoms with van der Waals surface area (Å²) in [7, 11) is 4.02. The fourth-order valence-electron chi connectivity index (χ4n) is 1.84. The molecule has 2 rings (SSSR count). The summed E-state index contributed by atoms with van der Waals surface area (Å²) < 4.78 is 0. The van der Waals surface area contributed by atoms with Crippen molar-refractivity contribution in [3.8, 4) is 0 Å². The zero-order valence-corrected chi connectivity index (χ0v) is 10.6. The summed E-state index contributed by atoms with van der Waals surface area (Å²) in [6.45, 7) is 2.11. The Bertz CT molecular complexity index is 489. The molecule has 0 atom stereocenters. The highest BCUT2D eigenvalue weighted by Crippen LogP contribution is 2.25. The van der Waals surface area contributed by atoms with Gasteiger partial charge in [0.1, 0.15) is 0 Å². The van der Waals surface area contributed by atoms with E-state index in [1.807, 2.05) is 7.05 Å². The normalized spacial score (nSPS) is 10.1. The molecule has 0 unspecified atom stereocenters. The molecule has 0 saturated heterocycles. The Morgan fingerprint density at radius 1 is 0.941 bits per heavy atom. The molecule has 1 N–H and O–H groups in total. The first kappa shape index (κ1) is 11.5. The van der Waals surface area contributed by atoms with Gasteiger partial charge >= 0.3 is 0 Å². The lowest BCUT2D eigenvalue weighted by molar-refractivity contribution is 1.20. The minimum atomic E-state index is 1.13. The van der Waals surface area contributed by atoms with Crippen molar-refractivity contribution in [1.82, 2.24) is 0 Å². The van der Waals surface area contributed by atoms with Gasteiger partial charge in [0.2, 0.25) is 0 Å². The average Bonchev–Trinajstić information content (AvgIpc) is 2.38. The number of aryl methyl sites for hydroxylation is 1. The van der Waals surface area contributed by atoms with Crippen molar-refractivity contribution in [2.24, 2.45) is 0 Å². The third kappa shape index (κ3) is 2.59. The third-order valence-corrected chi connectivity index (χ3v) is 2.93. The van der Waals surface area contributed by atoms with Crippen LogP contribution < -0.4 is 10.2 Å². The molecule has 2 heteroatoms. The second-order valence-corrected chi connectivity index (χ2v) is 4.19. The van der Waals surface area contributed by atoms with Gasteiger partial charge in [-0.3, -0.25) is 0 Å². The van der Waals surface area contributed by atoms with E-state index in [1.165, 1.54) is 16.9 Å². The zero-order valence-electron chi connectivity index (χ0n) is 10.6. The van der Waals surface area contributed by atoms with Crippen molar-refractivity contribution in [2.45, 2.75) is 6.92 Å². The Hall–Kier alpha value is -1.96. The van der Waals surface area contributed by atoms with Gasteiger partial charge in [-0.05, 0) is 48.9 Å². The van der Waals surface area contributed by atoms with Crippen LogP contribution in [-0.4, -0.2) is 14.1 Å². The average molecular weight is 226 g/mol. The monoisotopic (exact) mass is 226 g/mol. The van der Waals surface area contributed by atoms with E-state index >= 15 is 0 Å². The molecule has 0 bridgehead atoms. The molecule has 2 aromatic rings. The van der Waals surface area contributed by atoms with Crippen molar-refractivity contribution < 1.29 is 0 Å². The predicted molar refractivity (Wildman–Crippen MR) is 75.2 cm³/mol. The van der Waals surface area contributed by atoms with Gasteiger partial charge in [-0.25, -0.2) is 0 Å². The van der Waals surface area contributed by atoms with Crippen molar-refractivity contribution in [3.05, 3.63) is 54.1 Å². The first-order chi connectivity index (χ1) is 8.20. The van der Waals surface area contributed by atoms with Gasteiger partial charge in [-0.2, -0.15) is 0 Å². The number of benzene rings is 2. The Morgan fingerprint density at radius 3 is 2.24 bits per heavy atom. The quantitative estimate of drug-likeness (QED) is 0.856. The lowest BCUT2D eigenvalue weighted by Crippen LogP contribution is -2.09. The molecule has 0 heterocycles. The van der Waals surface area contributed by atoms with Crippen molar-refractivity contribution >= 4 is 17.1 Å². The zero-order chi connectivity index (χ0) is 12.3. The Morgan fingerprint density at radius 2 is 1.65 bits per heavy atom. The highest BCUT2D eigenvalue weighted by atomic mass is 15.1. The molecule has 0 saturated carbocycles. The number of anilines is 3. The smallest absolute Gasteiger partial charge is 0.0410 e. The lowest BCUT2D eigenvalue weighted by atomic mass is 10.2. The van der Waals surface area contributed by atoms with Crippen LogP contribution in [-0.2, 0) is 0 Å². The highest BCUT2D eigenvalue weighted by molar-refractivity contribution is 5.65. The molecule has 0 radical (unpaired) electrons. The van der Waals surface area contributed by atoms with Crippen LogP contribution in [0.25, 0.3) is 0 Å². The predicted octanol–water partition coefficient (Wildman–Crippen LogP) is 3.80. The molecule has 0 fully saturated rings. The second-order valence-electron chi connectivity index (χ2n) is 4.19. The van der Waals surface area contributed by atoms with Crippen LogP contribution in [0.5, 0.6) is 0 Å². The SMILES string of the molecule is CNc1ccc(N(C)c2cccc(C)c2)cc1. The summed E-state index contributed by atoms with van der Waals surface area (Å²) in [5.74, 6) is 0. The van der Waals surface area contributed by atoms with Crippen molar-refractivity contribution in [3.63, 3.8) is 0 Å². The standard InChI is InChI=1S/C15H18N2/c1-12-5-4-6-15(11-12)17(3)14-9-7-13(16-2)8-10-14/h4-11,16H,1-3H3. The molecule has 2 nitrogen and oxygen atoms in total. The van der Waals surface area contributed by atoms with E-state index in [9.17, 15) is 0 Å². The van der Waals surface area contributed by atoms with Gasteiger partial charge in [-0.1, -0.05) is 12.1 Å². The maximum atomic E-state index is 3.12. The van der Waals surface area contributed by atoms with Crippen LogP contribution in [0.15, 0.2) is 48.5 Å². The van der Waals surface area contributed by atoms with E-state index in [0.29, 0.717) is 0 Å². The summed E-state index contributed by atoms with van der Waals surface area (Å²) in [5, 5.41) is 3.12. The van der Waals surface area contributed by atoms with E-state index in [1.54, 1.807) is 0 Å². The second kappa shape index (κ2) is 4.91. The minimum absolute atomic E-state index is 1.13. The highest BCUT2D eigenvalue weighted by Gasteiger charge is 2.03. The molecule has 0 amide bonds. The molecular formula is C15H18N2. The maximum Gasteiger partial charge on any atom is 0.0410 e. The minimum Gasteiger partial charge on any atom is -0.388 e. The fraction of sp³-hybridized carbons (Fsp3) is 0.200. The number of rotatable bonds is 3. The summed E-state index contributed by atoms with van der Waals surface area (Å²) in [6.07, 6.45) is 0. The van der Waals surface area contributed by atoms with E-state index < -0.39 is 0 Å². The van der Waals surface area contributed by atoms with Crippen LogP contribution in [0.2, 0.25) is 0 Å². The number of nitrogens with one attached hydrogen (secondary N) is 1. The van der Waals surface area contributed by atoms with E-state index in [-0.39, 0.29) is 0 Å². The van der Waals surface area contributed by atoms with E-state index in [4.69, 9.17) is 0 Å². The van der Waals surface area contributed by atoms with Crippen LogP contribution in [0.1, 0.15) is 5.56 Å². The van der Waals surface area contributed by atoms with Crippen molar-refractivity contribution in [1.29, 1.82) is 0 Å². The molecule has 0 aromatic heterocycles. The molecule has 0 aliphatic rings. The largest absolute Gasteiger partial charge is 0.388 e. The van der Waals surface area contributed by atoms with Crippen LogP contribution in [0, 0.1) is 6.92 Å². The number of hydrogen-bond donors (Lipinski definition) is 1. The number of hydrogen-bond acceptors (Lipinski definition) is 2. The Kier molecular flexibility index (Phi) is 3.33. The fourth-order valence-corrected chi connectivity index (χ4v) is 1.84. The van der Waals surface area contributed by atoms with Gasteiger partial charge in [0.15, 0.2) is 0 Å². The van der Waals surface area contributed by atoms with E-state index in [0.717, 1.165) is 5.69 Å². The van der Waals surface area contributed by atoms with Gasteiger partial charge in [0.05, 0.1) is 0 Å². The van der Waals surface area contributed by atoms with Crippen LogP contribution in [0.4, 0.5) is 17.1 Å². The molecule has 2 aromatic carbocycles. The van der Waals surface area contributed by atoms with Gasteiger partial charge < -0.3 is 10.2 Å². The van der Waals surface area contributed by atoms with Crippen LogP contribution in [0.3, 0.4) is 0 Å². The first-order valence-electron chi connectivity index (χ1n) is 5.79. The summed E-state index contributed by atoms with van der Waals surface area (Å²) >= 11 is 0. The molecule has 88 valence electrons. The Labute approximate surface area is 103 Å². The van der Waals surface area contributed by atoms with Gasteiger partial charge in [-0.15, -0.1) is 0 Å². The molecular weight excluding hydrogens is 208 g/mol. The lowest BCUT2D eigenvalue weighted by Gasteiger charge is -2.20. The Balaban J connectivity index is 2.27. The molecule has 0 spiro atoms. The maximum absolute atomic E-state index is 3.12. The molecule has 0 aliphatic heterocycles. The first-order valence-corrected chi connectivity index (χ1v) is 5.79. The summed E-state index contributed by atoms with van der Waals surface area (Å²) in [4.78, 5) is 2.19. The molecule has 0 aliphatic carbocycles. The summed E-state index contributed by atoms with van der Waals surface area (Å²) in [5.41, 5.74) is 4.81. The number of nitrogens with zero attached hydrogens (tertiary/aromatic N) is 1. The van der Waals surface area contributed by atoms with Crippen molar-refractivity contribution in [2.75, 3.05) is 24.3 Å². The third-order valence-electron chi connectivity index (χ3n) is 2.93.